The van der Waals surface area contributed by atoms with E-state index in [0.29, 0.717) is 24.6 Å². The Morgan fingerprint density at radius 1 is 1.45 bits per heavy atom. The molecule has 0 saturated heterocycles. The van der Waals surface area contributed by atoms with Crippen molar-refractivity contribution >= 4 is 11.7 Å². The first-order chi connectivity index (χ1) is 9.65. The molecule has 0 bridgehead atoms. The molecule has 0 radical (unpaired) electrons. The van der Waals surface area contributed by atoms with Gasteiger partial charge in [0.25, 0.3) is 0 Å². The number of H-pyrrole nitrogens is 1. The number of nitrogens with zero attached hydrogens (tertiary/aromatic N) is 1. The lowest BCUT2D eigenvalue weighted by molar-refractivity contribution is -0.116. The van der Waals surface area contributed by atoms with Gasteiger partial charge in [-0.05, 0) is 26.2 Å². The fraction of sp³-hybridized carbons (Fsp3) is 0.733. The van der Waals surface area contributed by atoms with Gasteiger partial charge in [-0.25, -0.2) is 0 Å². The summed E-state index contributed by atoms with van der Waals surface area (Å²) in [6.07, 6.45) is 8.85. The van der Waals surface area contributed by atoms with Crippen molar-refractivity contribution in [2.75, 3.05) is 5.32 Å². The maximum absolute atomic E-state index is 11.7. The molecule has 2 rings (SSSR count). The smallest absolute Gasteiger partial charge is 0.225 e. The Morgan fingerprint density at radius 2 is 2.15 bits per heavy atom. The van der Waals surface area contributed by atoms with Crippen LogP contribution in [0.4, 0.5) is 5.82 Å². The molecule has 0 aliphatic heterocycles. The van der Waals surface area contributed by atoms with Crippen molar-refractivity contribution in [3.63, 3.8) is 0 Å². The second kappa shape index (κ2) is 7.43. The monoisotopic (exact) mass is 278 g/mol. The maximum Gasteiger partial charge on any atom is 0.225 e. The first kappa shape index (κ1) is 15.0. The van der Waals surface area contributed by atoms with Crippen LogP contribution < -0.4 is 11.1 Å². The van der Waals surface area contributed by atoms with Crippen LogP contribution in [0.15, 0.2) is 6.07 Å². The van der Waals surface area contributed by atoms with Crippen LogP contribution in [0.1, 0.15) is 69.9 Å². The minimum absolute atomic E-state index is 0.0128. The average molecular weight is 278 g/mol. The molecule has 1 saturated carbocycles. The molecule has 4 N–H and O–H groups in total. The van der Waals surface area contributed by atoms with Crippen molar-refractivity contribution in [3.05, 3.63) is 11.8 Å². The highest BCUT2D eigenvalue weighted by molar-refractivity contribution is 5.89. The van der Waals surface area contributed by atoms with Gasteiger partial charge in [0, 0.05) is 30.1 Å². The number of nitrogens with two attached hydrogens (primary N) is 1. The van der Waals surface area contributed by atoms with Crippen LogP contribution in [0.25, 0.3) is 0 Å². The van der Waals surface area contributed by atoms with Gasteiger partial charge < -0.3 is 11.1 Å². The zero-order valence-corrected chi connectivity index (χ0v) is 12.3. The molecule has 5 heteroatoms. The van der Waals surface area contributed by atoms with E-state index in [1.54, 1.807) is 0 Å². The van der Waals surface area contributed by atoms with Crippen molar-refractivity contribution in [1.82, 2.24) is 10.2 Å². The predicted molar refractivity (Wildman–Crippen MR) is 80.5 cm³/mol. The molecule has 0 spiro atoms. The molecular formula is C15H26N4O. The number of aromatic amines is 1. The van der Waals surface area contributed by atoms with Gasteiger partial charge in [0.05, 0.1) is 0 Å². The van der Waals surface area contributed by atoms with E-state index in [-0.39, 0.29) is 11.9 Å². The Kier molecular flexibility index (Phi) is 5.59. The molecule has 1 aliphatic carbocycles. The average Bonchev–Trinajstić information content (AvgIpc) is 2.70. The van der Waals surface area contributed by atoms with Gasteiger partial charge in [-0.2, -0.15) is 5.10 Å². The number of carbonyl (C=O) groups excluding carboxylic acids is 1. The molecular weight excluding hydrogens is 252 g/mol. The number of nitrogens with one attached hydrogen (secondary N) is 2. The third kappa shape index (κ3) is 4.63. The van der Waals surface area contributed by atoms with Gasteiger partial charge in [-0.1, -0.05) is 25.7 Å². The van der Waals surface area contributed by atoms with Gasteiger partial charge >= 0.3 is 0 Å². The standard InChI is InChI=1S/C15H26N4O/c1-11(16)8-9-15(20)17-14-10-13(18-19-14)12-6-4-2-3-5-7-12/h10-12H,2-9,16H2,1H3,(H2,17,18,19,20). The Morgan fingerprint density at radius 3 is 2.80 bits per heavy atom. The van der Waals surface area contributed by atoms with Gasteiger partial charge in [-0.3, -0.25) is 9.89 Å². The normalized spacial score (nSPS) is 18.5. The number of carbonyl (C=O) groups is 1. The summed E-state index contributed by atoms with van der Waals surface area (Å²) in [5.41, 5.74) is 6.81. The summed E-state index contributed by atoms with van der Waals surface area (Å²) in [6, 6.07) is 2.04. The van der Waals surface area contributed by atoms with E-state index in [0.717, 1.165) is 5.69 Å². The number of aromatic nitrogens is 2. The molecule has 1 amide bonds. The second-order valence-corrected chi connectivity index (χ2v) is 5.96. The van der Waals surface area contributed by atoms with Crippen molar-refractivity contribution in [2.45, 2.75) is 70.3 Å². The number of anilines is 1. The summed E-state index contributed by atoms with van der Waals surface area (Å²) < 4.78 is 0. The molecule has 20 heavy (non-hydrogen) atoms. The van der Waals surface area contributed by atoms with Gasteiger partial charge in [0.1, 0.15) is 0 Å². The fourth-order valence-corrected chi connectivity index (χ4v) is 2.76. The topological polar surface area (TPSA) is 83.8 Å². The number of rotatable bonds is 5. The quantitative estimate of drug-likeness (QED) is 0.724. The summed E-state index contributed by atoms with van der Waals surface area (Å²) in [5.74, 6) is 1.19. The summed E-state index contributed by atoms with van der Waals surface area (Å²) in [5, 5.41) is 10.1. The molecule has 1 unspecified atom stereocenters. The highest BCUT2D eigenvalue weighted by Crippen LogP contribution is 2.31. The summed E-state index contributed by atoms with van der Waals surface area (Å²) in [7, 11) is 0. The zero-order valence-electron chi connectivity index (χ0n) is 12.3. The van der Waals surface area contributed by atoms with Crippen LogP contribution in [0.2, 0.25) is 0 Å². The first-order valence-electron chi connectivity index (χ1n) is 7.76. The van der Waals surface area contributed by atoms with E-state index in [9.17, 15) is 4.79 Å². The lowest BCUT2D eigenvalue weighted by Gasteiger charge is -2.10. The highest BCUT2D eigenvalue weighted by atomic mass is 16.1. The molecule has 1 fully saturated rings. The SMILES string of the molecule is CC(N)CCC(=O)Nc1cc(C2CCCCCC2)[nH]n1. The molecule has 5 nitrogen and oxygen atoms in total. The molecule has 1 heterocycles. The number of hydrogen-bond acceptors (Lipinski definition) is 3. The number of amides is 1. The molecule has 1 atom stereocenters. The minimum atomic E-state index is -0.0128. The highest BCUT2D eigenvalue weighted by Gasteiger charge is 2.17. The molecule has 1 aromatic heterocycles. The Hall–Kier alpha value is -1.36. The Bertz CT molecular complexity index is 419. The second-order valence-electron chi connectivity index (χ2n) is 5.96. The molecule has 1 aliphatic rings. The summed E-state index contributed by atoms with van der Waals surface area (Å²) >= 11 is 0. The van der Waals surface area contributed by atoms with Crippen LogP contribution in [0.3, 0.4) is 0 Å². The van der Waals surface area contributed by atoms with Gasteiger partial charge in [0.15, 0.2) is 5.82 Å². The summed E-state index contributed by atoms with van der Waals surface area (Å²) in [6.45, 7) is 1.91. The molecule has 1 aromatic rings. The van der Waals surface area contributed by atoms with Crippen LogP contribution in [-0.4, -0.2) is 22.1 Å². The van der Waals surface area contributed by atoms with E-state index in [4.69, 9.17) is 5.73 Å². The Balaban J connectivity index is 1.86. The maximum atomic E-state index is 11.7. The van der Waals surface area contributed by atoms with E-state index < -0.39 is 0 Å². The van der Waals surface area contributed by atoms with E-state index in [2.05, 4.69) is 15.5 Å². The molecule has 112 valence electrons. The van der Waals surface area contributed by atoms with E-state index in [1.165, 1.54) is 38.5 Å². The minimum Gasteiger partial charge on any atom is -0.328 e. The molecule has 0 aromatic carbocycles. The fourth-order valence-electron chi connectivity index (χ4n) is 2.76. The van der Waals surface area contributed by atoms with Crippen molar-refractivity contribution in [1.29, 1.82) is 0 Å². The van der Waals surface area contributed by atoms with Crippen molar-refractivity contribution < 1.29 is 4.79 Å². The lowest BCUT2D eigenvalue weighted by atomic mass is 9.97. The first-order valence-corrected chi connectivity index (χ1v) is 7.76. The third-order valence-electron chi connectivity index (χ3n) is 3.99. The van der Waals surface area contributed by atoms with Crippen LogP contribution in [-0.2, 0) is 4.79 Å². The van der Waals surface area contributed by atoms with E-state index in [1.807, 2.05) is 13.0 Å². The van der Waals surface area contributed by atoms with Gasteiger partial charge in [0.2, 0.25) is 5.91 Å². The van der Waals surface area contributed by atoms with Crippen molar-refractivity contribution in [2.24, 2.45) is 5.73 Å². The summed E-state index contributed by atoms with van der Waals surface area (Å²) in [4.78, 5) is 11.7. The van der Waals surface area contributed by atoms with E-state index >= 15 is 0 Å². The lowest BCUT2D eigenvalue weighted by Crippen LogP contribution is -2.19. The van der Waals surface area contributed by atoms with Crippen molar-refractivity contribution in [3.8, 4) is 0 Å². The Labute approximate surface area is 120 Å². The van der Waals surface area contributed by atoms with Crippen LogP contribution >= 0.6 is 0 Å². The third-order valence-corrected chi connectivity index (χ3v) is 3.99. The van der Waals surface area contributed by atoms with Crippen LogP contribution in [0.5, 0.6) is 0 Å². The van der Waals surface area contributed by atoms with Gasteiger partial charge in [-0.15, -0.1) is 0 Å². The largest absolute Gasteiger partial charge is 0.328 e. The number of hydrogen-bond donors (Lipinski definition) is 3. The predicted octanol–water partition coefficient (Wildman–Crippen LogP) is 2.91. The zero-order chi connectivity index (χ0) is 14.4. The van der Waals surface area contributed by atoms with Crippen LogP contribution in [0, 0.1) is 0 Å².